The summed E-state index contributed by atoms with van der Waals surface area (Å²) in [6, 6.07) is 37.9. The monoisotopic (exact) mass is 1460 g/mol. The molecule has 6 amide bonds. The molecule has 0 aromatic heterocycles. The minimum atomic E-state index is -0.608. The van der Waals surface area contributed by atoms with Crippen LogP contribution in [0.1, 0.15) is 155 Å². The summed E-state index contributed by atoms with van der Waals surface area (Å²) >= 11 is 10.3. The van der Waals surface area contributed by atoms with Crippen molar-refractivity contribution in [3.63, 3.8) is 0 Å². The van der Waals surface area contributed by atoms with Crippen LogP contribution in [0, 0.1) is 17.8 Å². The van der Waals surface area contributed by atoms with Gasteiger partial charge in [-0.3, -0.25) is 28.8 Å². The number of aliphatic hydroxyl groups excluding tert-OH is 1. The first kappa shape index (κ1) is 68.7. The molecule has 0 spiro atoms. The number of rotatable bonds is 20. The third-order valence-corrected chi connectivity index (χ3v) is 20.1. The molecular formula is C72H81Br3N6O12. The molecule has 3 saturated carbocycles. The van der Waals surface area contributed by atoms with Gasteiger partial charge in [0.05, 0.1) is 71.2 Å². The maximum atomic E-state index is 13.5. The van der Waals surface area contributed by atoms with E-state index in [9.17, 15) is 33.9 Å². The highest BCUT2D eigenvalue weighted by atomic mass is 79.9. The van der Waals surface area contributed by atoms with Gasteiger partial charge in [-0.1, -0.05) is 36.4 Å². The molecule has 18 nitrogen and oxygen atoms in total. The van der Waals surface area contributed by atoms with E-state index in [1.54, 1.807) is 93.9 Å². The topological polar surface area (TPSA) is 206 Å². The Morgan fingerprint density at radius 3 is 1.18 bits per heavy atom. The van der Waals surface area contributed by atoms with Crippen LogP contribution in [-0.2, 0) is 9.47 Å². The molecule has 492 valence electrons. The second-order valence-electron chi connectivity index (χ2n) is 24.9. The second kappa shape index (κ2) is 31.4. The molecule has 3 unspecified atom stereocenters. The number of ether oxygens (including phenoxy) is 5. The third kappa shape index (κ3) is 17.4. The van der Waals surface area contributed by atoms with Gasteiger partial charge in [0.1, 0.15) is 17.2 Å². The second-order valence-corrected chi connectivity index (χ2v) is 27.4. The number of benzene rings is 6. The van der Waals surface area contributed by atoms with E-state index in [0.29, 0.717) is 107 Å². The number of methoxy groups -OCH3 is 5. The Hall–Kier alpha value is -7.14. The first-order valence-corrected chi connectivity index (χ1v) is 34.0. The lowest BCUT2D eigenvalue weighted by atomic mass is 10.00. The highest BCUT2D eigenvalue weighted by molar-refractivity contribution is 9.11. The van der Waals surface area contributed by atoms with Gasteiger partial charge in [-0.15, -0.1) is 0 Å². The van der Waals surface area contributed by atoms with Crippen molar-refractivity contribution in [1.82, 2.24) is 30.2 Å². The van der Waals surface area contributed by atoms with Crippen molar-refractivity contribution in [2.75, 3.05) is 81.9 Å². The predicted molar refractivity (Wildman–Crippen MR) is 364 cm³/mol. The molecule has 3 N–H and O–H groups in total. The maximum absolute atomic E-state index is 13.5. The normalized spacial score (nSPS) is 20.6. The standard InChI is InChI=1S/C25H29BrN2O4.C24H27BrN2O4.C23H25BrN2O4/c1-27(14-16-7-8-16)24(29)18-6-4-5-17(11-18)22-13-20(31-2)15-28(22)25(30)19-9-10-21(26)23(12-19)32-3;1-30-19-12-21(16-4-3-5-17(10-16)23(28)26-13-15-6-7-15)27(14-19)24(29)18-8-9-20(25)22(11-18)31-2;1-30-21-10-17(7-8-19(21)24)23(29)26-13-18(27)11-20(26)15-3-2-4-16(9-15)22(28)25-12-14-5-6-14/h4-6,9-12,16,20,22H,7-8,13-15H2,1-3H3;3-5,8-11,15,19,21H,6-7,12-14H2,1-2H3,(H,26,28);2-4,7-10,14,18,20,27H,5-6,11-13H2,1H3,(H,25,28)/t20?,22-;19?,21-;18?,20-/m111/s1. The number of carbonyl (C=O) groups is 6. The molecule has 3 aliphatic carbocycles. The molecule has 6 aromatic rings. The van der Waals surface area contributed by atoms with Gasteiger partial charge in [-0.2, -0.15) is 0 Å². The molecule has 6 fully saturated rings. The van der Waals surface area contributed by atoms with Crippen LogP contribution >= 0.6 is 47.8 Å². The van der Waals surface area contributed by atoms with Crippen LogP contribution in [0.15, 0.2) is 141 Å². The van der Waals surface area contributed by atoms with Gasteiger partial charge in [0, 0.05) is 93.9 Å². The quantitative estimate of drug-likeness (QED) is 0.0653. The largest absolute Gasteiger partial charge is 0.496 e. The van der Waals surface area contributed by atoms with Gasteiger partial charge in [-0.05, 0) is 231 Å². The van der Waals surface area contributed by atoms with E-state index < -0.39 is 6.10 Å². The van der Waals surface area contributed by atoms with Crippen LogP contribution in [0.3, 0.4) is 0 Å². The summed E-state index contributed by atoms with van der Waals surface area (Å²) in [5, 5.41) is 16.3. The molecule has 93 heavy (non-hydrogen) atoms. The number of halogens is 3. The zero-order valence-electron chi connectivity index (χ0n) is 53.3. The Kier molecular flexibility index (Phi) is 23.2. The zero-order chi connectivity index (χ0) is 66.0. The summed E-state index contributed by atoms with van der Waals surface area (Å²) in [7, 11) is 9.91. The van der Waals surface area contributed by atoms with Crippen LogP contribution in [0.4, 0.5) is 0 Å². The van der Waals surface area contributed by atoms with E-state index in [0.717, 1.165) is 43.2 Å². The van der Waals surface area contributed by atoms with E-state index in [2.05, 4.69) is 58.4 Å². The Bertz CT molecular complexity index is 3690. The molecule has 12 rings (SSSR count). The SMILES string of the molecule is COc1cc(C(=O)N2CC(O)C[C@@H]2c2cccc(C(=O)NCC3CC3)c2)ccc1Br.COc1cc(C(=O)N2CC(OC)C[C@@H]2c2cccc(C(=O)N(C)CC3CC3)c2)ccc1Br.COc1cc(C(=O)N2CC(OC)C[C@@H]2c2cccc(C(=O)NCC3CC3)c2)ccc1Br. The predicted octanol–water partition coefficient (Wildman–Crippen LogP) is 12.3. The zero-order valence-corrected chi connectivity index (χ0v) is 58.0. The Morgan fingerprint density at radius 1 is 0.462 bits per heavy atom. The van der Waals surface area contributed by atoms with Crippen molar-refractivity contribution in [3.05, 3.63) is 191 Å². The molecule has 6 atom stereocenters. The number of nitrogens with zero attached hydrogens (tertiary/aromatic N) is 4. The Balaban J connectivity index is 0.000000153. The molecule has 0 radical (unpaired) electrons. The van der Waals surface area contributed by atoms with Crippen molar-refractivity contribution in [2.45, 2.75) is 94.2 Å². The number of amides is 6. The average molecular weight is 1460 g/mol. The molecule has 6 aliphatic rings. The molecule has 3 saturated heterocycles. The van der Waals surface area contributed by atoms with Gasteiger partial charge in [0.25, 0.3) is 35.4 Å². The van der Waals surface area contributed by atoms with Crippen molar-refractivity contribution in [2.24, 2.45) is 17.8 Å². The van der Waals surface area contributed by atoms with Crippen molar-refractivity contribution in [1.29, 1.82) is 0 Å². The van der Waals surface area contributed by atoms with E-state index in [1.807, 2.05) is 95.7 Å². The number of aliphatic hydroxyl groups is 1. The average Bonchev–Trinajstić information content (AvgIpc) is 2.02. The van der Waals surface area contributed by atoms with Crippen LogP contribution in [-0.4, -0.2) is 160 Å². The van der Waals surface area contributed by atoms with Gasteiger partial charge in [0.2, 0.25) is 0 Å². The van der Waals surface area contributed by atoms with Gasteiger partial charge >= 0.3 is 0 Å². The number of hydrogen-bond acceptors (Lipinski definition) is 12. The first-order valence-electron chi connectivity index (χ1n) is 31.7. The summed E-state index contributed by atoms with van der Waals surface area (Å²) in [5.41, 5.74) is 6.20. The van der Waals surface area contributed by atoms with Gasteiger partial charge in [0.15, 0.2) is 0 Å². The van der Waals surface area contributed by atoms with E-state index in [-0.39, 0.29) is 72.3 Å². The molecule has 0 bridgehead atoms. The summed E-state index contributed by atoms with van der Waals surface area (Å²) in [6.45, 7) is 3.48. The van der Waals surface area contributed by atoms with Crippen LogP contribution in [0.5, 0.6) is 17.2 Å². The lowest BCUT2D eigenvalue weighted by Gasteiger charge is -2.26. The lowest BCUT2D eigenvalue weighted by Crippen LogP contribution is -2.32. The summed E-state index contributed by atoms with van der Waals surface area (Å²) in [6.07, 6.45) is 8.24. The van der Waals surface area contributed by atoms with Crippen molar-refractivity contribution >= 4 is 83.2 Å². The smallest absolute Gasteiger partial charge is 0.254 e. The van der Waals surface area contributed by atoms with Crippen molar-refractivity contribution in [3.8, 4) is 17.2 Å². The van der Waals surface area contributed by atoms with Gasteiger partial charge in [-0.25, -0.2) is 0 Å². The fourth-order valence-corrected chi connectivity index (χ4v) is 13.4. The fraction of sp³-hybridized carbons (Fsp3) is 0.417. The molecule has 3 heterocycles. The lowest BCUT2D eigenvalue weighted by molar-refractivity contribution is 0.0682. The maximum Gasteiger partial charge on any atom is 0.254 e. The summed E-state index contributed by atoms with van der Waals surface area (Å²) in [4.78, 5) is 85.2. The number of nitrogens with one attached hydrogen (secondary N) is 2. The third-order valence-electron chi connectivity index (χ3n) is 18.1. The Labute approximate surface area is 569 Å². The first-order chi connectivity index (χ1) is 44.9. The fourth-order valence-electron chi connectivity index (χ4n) is 12.2. The highest BCUT2D eigenvalue weighted by Gasteiger charge is 2.40. The summed E-state index contributed by atoms with van der Waals surface area (Å²) < 4.78 is 29.6. The molecule has 6 aromatic carbocycles. The highest BCUT2D eigenvalue weighted by Crippen LogP contribution is 2.40. The van der Waals surface area contributed by atoms with E-state index >= 15 is 0 Å². The van der Waals surface area contributed by atoms with Crippen molar-refractivity contribution < 1.29 is 57.6 Å². The number of β-amino-alcohol motifs (C(OH)–C–C–N with tert-alkyl or cyclic N) is 1. The van der Waals surface area contributed by atoms with Crippen LogP contribution in [0.2, 0.25) is 0 Å². The van der Waals surface area contributed by atoms with E-state index in [1.165, 1.54) is 38.5 Å². The minimum absolute atomic E-state index is 0.0237. The van der Waals surface area contributed by atoms with E-state index in [4.69, 9.17) is 23.7 Å². The van der Waals surface area contributed by atoms with Gasteiger partial charge < -0.3 is 59.0 Å². The molecular weight excluding hydrogens is 1380 g/mol. The van der Waals surface area contributed by atoms with Crippen LogP contribution in [0.25, 0.3) is 0 Å². The Morgan fingerprint density at radius 2 is 0.817 bits per heavy atom. The van der Waals surface area contributed by atoms with Crippen LogP contribution < -0.4 is 24.8 Å². The summed E-state index contributed by atoms with van der Waals surface area (Å²) in [5.74, 6) is 3.19. The minimum Gasteiger partial charge on any atom is -0.496 e. The number of carbonyl (C=O) groups excluding carboxylic acids is 6. The number of likely N-dealkylation sites (tertiary alicyclic amines) is 3. The molecule has 21 heteroatoms. The number of hydrogen-bond donors (Lipinski definition) is 3. The molecule has 3 aliphatic heterocycles.